The summed E-state index contributed by atoms with van der Waals surface area (Å²) in [6.45, 7) is 10.1. The van der Waals surface area contributed by atoms with Gasteiger partial charge in [-0.15, -0.1) is 0 Å². The summed E-state index contributed by atoms with van der Waals surface area (Å²) in [6, 6.07) is 14.9. The molecule has 4 rings (SSSR count). The Morgan fingerprint density at radius 1 is 1.03 bits per heavy atom. The molecule has 0 radical (unpaired) electrons. The van der Waals surface area contributed by atoms with E-state index in [0.717, 1.165) is 5.56 Å². The molecule has 0 N–H and O–H groups in total. The fraction of sp³-hybridized carbons (Fsp3) is 0.385. The van der Waals surface area contributed by atoms with E-state index in [0.29, 0.717) is 42.7 Å². The summed E-state index contributed by atoms with van der Waals surface area (Å²) in [4.78, 5) is 28.5. The molecule has 1 aliphatic rings. The van der Waals surface area contributed by atoms with Crippen LogP contribution in [-0.2, 0) is 10.2 Å². The molecule has 5 heteroatoms. The number of nitrogens with zero attached hydrogens (tertiary/aromatic N) is 1. The monoisotopic (exact) mass is 419 g/mol. The Bertz CT molecular complexity index is 1150. The van der Waals surface area contributed by atoms with Crippen LogP contribution in [0.5, 0.6) is 0 Å². The molecule has 1 atom stereocenters. The molecule has 2 heterocycles. The number of hydrogen-bond donors (Lipinski definition) is 0. The number of para-hydroxylation sites is 1. The van der Waals surface area contributed by atoms with Crippen molar-refractivity contribution in [3.63, 3.8) is 0 Å². The van der Waals surface area contributed by atoms with Crippen molar-refractivity contribution >= 4 is 16.9 Å². The number of hydrogen-bond acceptors (Lipinski definition) is 4. The van der Waals surface area contributed by atoms with Crippen LogP contribution in [0.1, 0.15) is 67.4 Å². The van der Waals surface area contributed by atoms with E-state index >= 15 is 0 Å². The van der Waals surface area contributed by atoms with E-state index in [-0.39, 0.29) is 22.5 Å². The van der Waals surface area contributed by atoms with Crippen LogP contribution >= 0.6 is 0 Å². The molecule has 1 aliphatic heterocycles. The maximum atomic E-state index is 13.4. The molecule has 0 aliphatic carbocycles. The predicted octanol–water partition coefficient (Wildman–Crippen LogP) is 5.06. The highest BCUT2D eigenvalue weighted by Crippen LogP contribution is 2.38. The van der Waals surface area contributed by atoms with Gasteiger partial charge in [0.2, 0.25) is 5.76 Å². The molecular weight excluding hydrogens is 390 g/mol. The molecule has 0 saturated heterocycles. The zero-order valence-electron chi connectivity index (χ0n) is 18.6. The molecule has 0 saturated carbocycles. The normalized spacial score (nSPS) is 16.2. The third-order valence-electron chi connectivity index (χ3n) is 5.86. The average Bonchev–Trinajstić information content (AvgIpc) is 3.03. The summed E-state index contributed by atoms with van der Waals surface area (Å²) in [5.74, 6) is -0.0794. The zero-order valence-corrected chi connectivity index (χ0v) is 18.6. The molecule has 1 amide bonds. The number of amides is 1. The van der Waals surface area contributed by atoms with Crippen molar-refractivity contribution < 1.29 is 13.9 Å². The maximum absolute atomic E-state index is 13.4. The van der Waals surface area contributed by atoms with Crippen LogP contribution in [-0.4, -0.2) is 30.6 Å². The summed E-state index contributed by atoms with van der Waals surface area (Å²) in [5, 5.41) is 0.501. The van der Waals surface area contributed by atoms with Crippen molar-refractivity contribution in [3.05, 3.63) is 81.2 Å². The Morgan fingerprint density at radius 2 is 1.74 bits per heavy atom. The lowest BCUT2D eigenvalue weighted by Gasteiger charge is -2.26. The fourth-order valence-corrected chi connectivity index (χ4v) is 4.19. The highest BCUT2D eigenvalue weighted by atomic mass is 16.5. The van der Waals surface area contributed by atoms with Crippen LogP contribution < -0.4 is 5.43 Å². The topological polar surface area (TPSA) is 59.8 Å². The van der Waals surface area contributed by atoms with E-state index in [4.69, 9.17) is 9.15 Å². The van der Waals surface area contributed by atoms with Crippen molar-refractivity contribution in [3.8, 4) is 0 Å². The molecule has 1 unspecified atom stereocenters. The van der Waals surface area contributed by atoms with Gasteiger partial charge in [-0.3, -0.25) is 9.59 Å². The first-order valence-corrected chi connectivity index (χ1v) is 10.9. The highest BCUT2D eigenvalue weighted by Gasteiger charge is 2.42. The van der Waals surface area contributed by atoms with Crippen LogP contribution in [0.25, 0.3) is 11.0 Å². The Morgan fingerprint density at radius 3 is 2.42 bits per heavy atom. The lowest BCUT2D eigenvalue weighted by molar-refractivity contribution is 0.0696. The third-order valence-corrected chi connectivity index (χ3v) is 5.86. The summed E-state index contributed by atoms with van der Waals surface area (Å²) >= 11 is 0. The summed E-state index contributed by atoms with van der Waals surface area (Å²) in [6.07, 6.45) is 0.692. The smallest absolute Gasteiger partial charge is 0.290 e. The third kappa shape index (κ3) is 3.90. The summed E-state index contributed by atoms with van der Waals surface area (Å²) in [5.41, 5.74) is 2.88. The minimum absolute atomic E-state index is 0.0222. The number of ether oxygens (including phenoxy) is 1. The number of rotatable bonds is 6. The van der Waals surface area contributed by atoms with Crippen LogP contribution in [0.4, 0.5) is 0 Å². The first-order valence-electron chi connectivity index (χ1n) is 10.9. The van der Waals surface area contributed by atoms with Crippen LogP contribution in [0, 0.1) is 0 Å². The number of carbonyl (C=O) groups is 1. The van der Waals surface area contributed by atoms with E-state index in [2.05, 4.69) is 32.9 Å². The van der Waals surface area contributed by atoms with E-state index in [1.807, 2.05) is 25.1 Å². The van der Waals surface area contributed by atoms with E-state index in [1.165, 1.54) is 5.56 Å². The van der Waals surface area contributed by atoms with Gasteiger partial charge in [-0.1, -0.05) is 57.2 Å². The fourth-order valence-electron chi connectivity index (χ4n) is 4.19. The van der Waals surface area contributed by atoms with Gasteiger partial charge in [-0.25, -0.2) is 0 Å². The molecule has 2 aromatic carbocycles. The average molecular weight is 420 g/mol. The van der Waals surface area contributed by atoms with Gasteiger partial charge in [0.25, 0.3) is 5.91 Å². The maximum Gasteiger partial charge on any atom is 0.290 e. The van der Waals surface area contributed by atoms with E-state index in [9.17, 15) is 9.59 Å². The second-order valence-electron chi connectivity index (χ2n) is 8.99. The van der Waals surface area contributed by atoms with Gasteiger partial charge in [-0.05, 0) is 42.0 Å². The van der Waals surface area contributed by atoms with E-state index in [1.54, 1.807) is 23.1 Å². The molecule has 0 fully saturated rings. The standard InChI is InChI=1S/C26H29NO4/c1-5-30-16-8-15-27-22(17-11-13-18(14-12-17)26(2,3)4)21-23(28)19-9-6-7-10-20(19)31-24(21)25(27)29/h6-7,9-14,22H,5,8,15-16H2,1-4H3. The largest absolute Gasteiger partial charge is 0.450 e. The minimum Gasteiger partial charge on any atom is -0.450 e. The second-order valence-corrected chi connectivity index (χ2v) is 8.99. The van der Waals surface area contributed by atoms with Crippen LogP contribution in [0.2, 0.25) is 0 Å². The van der Waals surface area contributed by atoms with Gasteiger partial charge < -0.3 is 14.1 Å². The van der Waals surface area contributed by atoms with Crippen LogP contribution in [0.15, 0.2) is 57.7 Å². The summed E-state index contributed by atoms with van der Waals surface area (Å²) in [7, 11) is 0. The Balaban J connectivity index is 1.82. The van der Waals surface area contributed by atoms with Gasteiger partial charge in [0.05, 0.1) is 17.0 Å². The van der Waals surface area contributed by atoms with E-state index < -0.39 is 6.04 Å². The van der Waals surface area contributed by atoms with Gasteiger partial charge in [0.1, 0.15) is 5.58 Å². The van der Waals surface area contributed by atoms with Crippen LogP contribution in [0.3, 0.4) is 0 Å². The second kappa shape index (κ2) is 8.31. The molecule has 5 nitrogen and oxygen atoms in total. The molecule has 1 aromatic heterocycles. The van der Waals surface area contributed by atoms with Crippen molar-refractivity contribution in [2.75, 3.05) is 19.8 Å². The highest BCUT2D eigenvalue weighted by molar-refractivity contribution is 5.99. The minimum atomic E-state index is -0.459. The first-order chi connectivity index (χ1) is 14.8. The SMILES string of the molecule is CCOCCCN1C(=O)c2oc3ccccc3c(=O)c2C1c1ccc(C(C)(C)C)cc1. The quantitative estimate of drug-likeness (QED) is 0.524. The van der Waals surface area contributed by atoms with Gasteiger partial charge >= 0.3 is 0 Å². The molecule has 0 bridgehead atoms. The van der Waals surface area contributed by atoms with Crippen molar-refractivity contribution in [2.45, 2.75) is 45.6 Å². The number of fused-ring (bicyclic) bond motifs is 2. The lowest BCUT2D eigenvalue weighted by atomic mass is 9.86. The Kier molecular flexibility index (Phi) is 5.71. The molecular formula is C26H29NO4. The first kappa shape index (κ1) is 21.3. The Labute approximate surface area is 182 Å². The van der Waals surface area contributed by atoms with Crippen molar-refractivity contribution in [1.29, 1.82) is 0 Å². The zero-order chi connectivity index (χ0) is 22.2. The van der Waals surface area contributed by atoms with Gasteiger partial charge in [0, 0.05) is 19.8 Å². The molecule has 162 valence electrons. The number of carbonyl (C=O) groups excluding carboxylic acids is 1. The predicted molar refractivity (Wildman–Crippen MR) is 122 cm³/mol. The van der Waals surface area contributed by atoms with Gasteiger partial charge in [0.15, 0.2) is 5.43 Å². The molecule has 0 spiro atoms. The Hall–Kier alpha value is -2.92. The molecule has 3 aromatic rings. The number of benzene rings is 2. The van der Waals surface area contributed by atoms with Crippen molar-refractivity contribution in [1.82, 2.24) is 4.90 Å². The van der Waals surface area contributed by atoms with Crippen molar-refractivity contribution in [2.24, 2.45) is 0 Å². The summed E-state index contributed by atoms with van der Waals surface area (Å²) < 4.78 is 11.4. The van der Waals surface area contributed by atoms with Gasteiger partial charge in [-0.2, -0.15) is 0 Å². The molecule has 31 heavy (non-hydrogen) atoms. The lowest BCUT2D eigenvalue weighted by Crippen LogP contribution is -2.31.